The molecule has 166 valence electrons. The van der Waals surface area contributed by atoms with Gasteiger partial charge in [0.15, 0.2) is 17.3 Å². The molecule has 0 amide bonds. The smallest absolute Gasteiger partial charge is 0.227 e. The van der Waals surface area contributed by atoms with Gasteiger partial charge in [0.25, 0.3) is 0 Å². The molecule has 0 bridgehead atoms. The van der Waals surface area contributed by atoms with Crippen LogP contribution in [0.2, 0.25) is 0 Å². The van der Waals surface area contributed by atoms with E-state index in [9.17, 15) is 8.78 Å². The van der Waals surface area contributed by atoms with Gasteiger partial charge in [0.2, 0.25) is 5.95 Å². The normalized spacial score (nSPS) is 11.0. The minimum absolute atomic E-state index is 0.0120. The third-order valence-electron chi connectivity index (χ3n) is 4.81. The Morgan fingerprint density at radius 3 is 2.62 bits per heavy atom. The lowest BCUT2D eigenvalue weighted by Gasteiger charge is -2.12. The van der Waals surface area contributed by atoms with Crippen molar-refractivity contribution in [1.82, 2.24) is 19.7 Å². The molecule has 32 heavy (non-hydrogen) atoms. The molecule has 0 spiro atoms. The quantitative estimate of drug-likeness (QED) is 0.430. The van der Waals surface area contributed by atoms with E-state index in [1.807, 2.05) is 24.4 Å². The van der Waals surface area contributed by atoms with Crippen molar-refractivity contribution in [2.75, 3.05) is 19.0 Å². The number of aryl methyl sites for hydroxylation is 1. The second kappa shape index (κ2) is 9.15. The third kappa shape index (κ3) is 4.45. The Morgan fingerprint density at radius 1 is 1.12 bits per heavy atom. The number of benzene rings is 2. The number of aliphatic hydroxyl groups excluding tert-OH is 1. The highest BCUT2D eigenvalue weighted by Gasteiger charge is 2.18. The lowest BCUT2D eigenvalue weighted by Crippen LogP contribution is -2.06. The molecule has 4 aromatic rings. The van der Waals surface area contributed by atoms with E-state index in [2.05, 4.69) is 20.4 Å². The summed E-state index contributed by atoms with van der Waals surface area (Å²) in [7, 11) is 1.32. The van der Waals surface area contributed by atoms with Crippen molar-refractivity contribution in [3.8, 4) is 11.5 Å². The first kappa shape index (κ1) is 21.4. The van der Waals surface area contributed by atoms with E-state index < -0.39 is 11.6 Å². The highest BCUT2D eigenvalue weighted by atomic mass is 19.1. The lowest BCUT2D eigenvalue weighted by molar-refractivity contribution is 0.270. The van der Waals surface area contributed by atoms with Gasteiger partial charge in [-0.15, -0.1) is 0 Å². The van der Waals surface area contributed by atoms with Crippen LogP contribution in [0.1, 0.15) is 11.1 Å². The number of methoxy groups -OCH3 is 1. The Morgan fingerprint density at radius 2 is 1.91 bits per heavy atom. The van der Waals surface area contributed by atoms with Crippen LogP contribution in [0.4, 0.5) is 20.4 Å². The summed E-state index contributed by atoms with van der Waals surface area (Å²) in [5.41, 5.74) is 1.53. The number of anilines is 2. The molecular weight excluding hydrogens is 420 g/mol. The molecule has 0 saturated heterocycles. The molecule has 8 nitrogen and oxygen atoms in total. The molecule has 2 aromatic heterocycles. The van der Waals surface area contributed by atoms with E-state index in [1.165, 1.54) is 32.5 Å². The lowest BCUT2D eigenvalue weighted by atomic mass is 10.1. The molecule has 0 fully saturated rings. The summed E-state index contributed by atoms with van der Waals surface area (Å²) < 4.78 is 40.8. The summed E-state index contributed by atoms with van der Waals surface area (Å²) in [6.45, 7) is 1.63. The van der Waals surface area contributed by atoms with Gasteiger partial charge in [0.1, 0.15) is 12.4 Å². The Balaban J connectivity index is 1.44. The van der Waals surface area contributed by atoms with Crippen molar-refractivity contribution in [1.29, 1.82) is 0 Å². The Hall–Kier alpha value is -3.79. The molecule has 0 radical (unpaired) electrons. The van der Waals surface area contributed by atoms with E-state index in [4.69, 9.17) is 14.6 Å². The van der Waals surface area contributed by atoms with Gasteiger partial charge in [-0.05, 0) is 36.8 Å². The molecule has 0 aliphatic heterocycles. The monoisotopic (exact) mass is 441 g/mol. The molecule has 0 aliphatic rings. The van der Waals surface area contributed by atoms with Crippen molar-refractivity contribution in [3.63, 3.8) is 0 Å². The summed E-state index contributed by atoms with van der Waals surface area (Å²) in [5.74, 6) is -0.948. The standard InChI is InChI=1S/C22H21F2N5O3/c1-13-7-19(31-2)21(24)17(20(13)23)12-32-16-9-25-22(26-10-16)27-15-4-3-14-11-29(5-6-30)28-18(14)8-15/h3-4,7-11,30H,5-6,12H2,1-2H3,(H,25,26,27). The number of nitrogens with zero attached hydrogens (tertiary/aromatic N) is 4. The zero-order chi connectivity index (χ0) is 22.7. The highest BCUT2D eigenvalue weighted by Crippen LogP contribution is 2.27. The number of nitrogens with one attached hydrogen (secondary N) is 1. The molecule has 2 N–H and O–H groups in total. The van der Waals surface area contributed by atoms with Gasteiger partial charge < -0.3 is 19.9 Å². The van der Waals surface area contributed by atoms with Crippen LogP contribution in [-0.2, 0) is 13.2 Å². The number of fused-ring (bicyclic) bond motifs is 1. The number of hydrogen-bond acceptors (Lipinski definition) is 7. The predicted molar refractivity (Wildman–Crippen MR) is 114 cm³/mol. The fraction of sp³-hybridized carbons (Fsp3) is 0.227. The van der Waals surface area contributed by atoms with Crippen molar-refractivity contribution < 1.29 is 23.4 Å². The maximum Gasteiger partial charge on any atom is 0.227 e. The average Bonchev–Trinajstić information content (AvgIpc) is 3.19. The van der Waals surface area contributed by atoms with Crippen molar-refractivity contribution in [3.05, 3.63) is 65.6 Å². The van der Waals surface area contributed by atoms with E-state index >= 15 is 0 Å². The molecule has 10 heteroatoms. The maximum atomic E-state index is 14.4. The predicted octanol–water partition coefficient (Wildman–Crippen LogP) is 3.74. The Bertz CT molecular complexity index is 1240. The van der Waals surface area contributed by atoms with Crippen molar-refractivity contribution in [2.24, 2.45) is 0 Å². The zero-order valence-electron chi connectivity index (χ0n) is 17.5. The van der Waals surface area contributed by atoms with Crippen LogP contribution in [0.5, 0.6) is 11.5 Å². The number of halogens is 2. The molecule has 0 saturated carbocycles. The fourth-order valence-corrected chi connectivity index (χ4v) is 3.18. The van der Waals surface area contributed by atoms with E-state index in [0.717, 1.165) is 16.6 Å². The summed E-state index contributed by atoms with van der Waals surface area (Å²) in [6.07, 6.45) is 4.67. The molecule has 0 unspecified atom stereocenters. The Labute approximate surface area is 182 Å². The molecule has 2 heterocycles. The van der Waals surface area contributed by atoms with Gasteiger partial charge in [0, 0.05) is 17.3 Å². The van der Waals surface area contributed by atoms with Crippen LogP contribution in [-0.4, -0.2) is 38.6 Å². The topological polar surface area (TPSA) is 94.3 Å². The SMILES string of the molecule is COc1cc(C)c(F)c(COc2cnc(Nc3ccc4cn(CCO)nc4c3)nc2)c1F. The fourth-order valence-electron chi connectivity index (χ4n) is 3.18. The van der Waals surface area contributed by atoms with E-state index in [-0.39, 0.29) is 35.8 Å². The first-order valence-electron chi connectivity index (χ1n) is 9.80. The minimum Gasteiger partial charge on any atom is -0.494 e. The number of aromatic nitrogens is 4. The Kier molecular flexibility index (Phi) is 6.13. The minimum atomic E-state index is -0.799. The summed E-state index contributed by atoms with van der Waals surface area (Å²) in [4.78, 5) is 8.36. The zero-order valence-corrected chi connectivity index (χ0v) is 17.5. The number of ether oxygens (including phenoxy) is 2. The van der Waals surface area contributed by atoms with Crippen LogP contribution >= 0.6 is 0 Å². The largest absolute Gasteiger partial charge is 0.494 e. The van der Waals surface area contributed by atoms with Crippen molar-refractivity contribution in [2.45, 2.75) is 20.1 Å². The number of rotatable bonds is 8. The average molecular weight is 441 g/mol. The second-order valence-electron chi connectivity index (χ2n) is 7.05. The summed E-state index contributed by atoms with van der Waals surface area (Å²) >= 11 is 0. The first-order chi connectivity index (χ1) is 15.5. The molecular formula is C22H21F2N5O3. The number of aliphatic hydroxyl groups is 1. The van der Waals surface area contributed by atoms with Gasteiger partial charge >= 0.3 is 0 Å². The summed E-state index contributed by atoms with van der Waals surface area (Å²) in [5, 5.41) is 17.4. The van der Waals surface area contributed by atoms with E-state index in [1.54, 1.807) is 4.68 Å². The van der Waals surface area contributed by atoms with Crippen LogP contribution in [0.15, 0.2) is 42.9 Å². The molecule has 4 rings (SSSR count). The number of hydrogen-bond donors (Lipinski definition) is 2. The second-order valence-corrected chi connectivity index (χ2v) is 7.05. The van der Waals surface area contributed by atoms with Gasteiger partial charge in [-0.3, -0.25) is 4.68 Å². The highest BCUT2D eigenvalue weighted by molar-refractivity contribution is 5.82. The molecule has 2 aromatic carbocycles. The summed E-state index contributed by atoms with van der Waals surface area (Å²) in [6, 6.07) is 6.90. The maximum absolute atomic E-state index is 14.4. The van der Waals surface area contributed by atoms with Crippen LogP contribution in [0.25, 0.3) is 10.9 Å². The van der Waals surface area contributed by atoms with Crippen LogP contribution in [0.3, 0.4) is 0 Å². The van der Waals surface area contributed by atoms with Gasteiger partial charge in [-0.25, -0.2) is 18.7 Å². The molecule has 0 atom stereocenters. The third-order valence-corrected chi connectivity index (χ3v) is 4.81. The van der Waals surface area contributed by atoms with Gasteiger partial charge in [0.05, 0.1) is 43.7 Å². The van der Waals surface area contributed by atoms with Gasteiger partial charge in [-0.1, -0.05) is 0 Å². The molecule has 0 aliphatic carbocycles. The van der Waals surface area contributed by atoms with Gasteiger partial charge in [-0.2, -0.15) is 5.10 Å². The van der Waals surface area contributed by atoms with Crippen molar-refractivity contribution >= 4 is 22.5 Å². The first-order valence-corrected chi connectivity index (χ1v) is 9.80. The van der Waals surface area contributed by atoms with Crippen LogP contribution < -0.4 is 14.8 Å². The van der Waals surface area contributed by atoms with Crippen LogP contribution in [0, 0.1) is 18.6 Å². The van der Waals surface area contributed by atoms with E-state index in [0.29, 0.717) is 12.5 Å².